The molecule has 4 rings (SSSR count). The first-order valence-corrected chi connectivity index (χ1v) is 14.3. The number of ether oxygens (including phenoxy) is 1. The van der Waals surface area contributed by atoms with Crippen LogP contribution in [0.3, 0.4) is 0 Å². The Bertz CT molecular complexity index is 1320. The number of carbonyl (C=O) groups is 2. The fourth-order valence-corrected chi connectivity index (χ4v) is 5.26. The van der Waals surface area contributed by atoms with E-state index in [0.717, 1.165) is 45.7 Å². The second-order valence-corrected chi connectivity index (χ2v) is 10.7. The van der Waals surface area contributed by atoms with Crippen LogP contribution in [-0.4, -0.2) is 111 Å². The van der Waals surface area contributed by atoms with Gasteiger partial charge in [0.15, 0.2) is 6.23 Å². The van der Waals surface area contributed by atoms with Gasteiger partial charge in [-0.15, -0.1) is 0 Å². The summed E-state index contributed by atoms with van der Waals surface area (Å²) in [5, 5.41) is 2.80. The lowest BCUT2D eigenvalue weighted by Crippen LogP contribution is -2.46. The molecule has 1 aromatic carbocycles. The predicted molar refractivity (Wildman–Crippen MR) is 139 cm³/mol. The van der Waals surface area contributed by atoms with E-state index < -0.39 is 54.0 Å². The van der Waals surface area contributed by atoms with Crippen molar-refractivity contribution in [1.82, 2.24) is 25.0 Å². The van der Waals surface area contributed by atoms with E-state index in [-0.39, 0.29) is 5.56 Å². The van der Waals surface area contributed by atoms with Gasteiger partial charge in [0.1, 0.15) is 5.75 Å². The molecule has 1 N–H and O–H groups in total. The molecular weight excluding hydrogens is 555 g/mol. The highest BCUT2D eigenvalue weighted by atomic mass is 32.3. The van der Waals surface area contributed by atoms with Crippen molar-refractivity contribution in [3.05, 3.63) is 36.0 Å². The van der Waals surface area contributed by atoms with Crippen LogP contribution in [-0.2, 0) is 19.5 Å². The van der Waals surface area contributed by atoms with Gasteiger partial charge in [-0.3, -0.25) is 14.6 Å². The number of amides is 2. The second kappa shape index (κ2) is 12.7. The molecule has 3 heterocycles. The van der Waals surface area contributed by atoms with Crippen LogP contribution < -0.4 is 10.1 Å². The van der Waals surface area contributed by atoms with E-state index in [2.05, 4.69) is 31.2 Å². The van der Waals surface area contributed by atoms with E-state index in [4.69, 9.17) is 4.74 Å². The Morgan fingerprint density at radius 1 is 1.15 bits per heavy atom. The van der Waals surface area contributed by atoms with Crippen molar-refractivity contribution in [3.8, 4) is 5.75 Å². The maximum atomic E-state index is 13.8. The monoisotopic (exact) mass is 587 g/mol. The van der Waals surface area contributed by atoms with Crippen LogP contribution in [0.25, 0.3) is 10.9 Å². The van der Waals surface area contributed by atoms with Gasteiger partial charge in [-0.05, 0) is 37.2 Å². The molecule has 2 saturated heterocycles. The maximum Gasteiger partial charge on any atom is 0.439 e. The van der Waals surface area contributed by atoms with Gasteiger partial charge in [0.2, 0.25) is 5.91 Å². The van der Waals surface area contributed by atoms with Crippen LogP contribution in [0.1, 0.15) is 30.1 Å². The van der Waals surface area contributed by atoms with Crippen molar-refractivity contribution >= 4 is 33.2 Å². The quantitative estimate of drug-likeness (QED) is 0.310. The standard InChI is InChI=1S/C25H32F3N5O6S/c1-2-31-9-11-32(12-10-31)8-3-13-38-18-4-5-21-20(14-18)19(6-7-29-21)24(35)30-16-22(34)33-17-25(26,27)15-23(33)39-40(28,36)37/h4-7,14,23H,2-3,8-13,15-17H2,1H3,(H,30,35). The molecule has 1 unspecified atom stereocenters. The molecule has 0 saturated carbocycles. The Morgan fingerprint density at radius 2 is 1.88 bits per heavy atom. The molecule has 0 radical (unpaired) electrons. The summed E-state index contributed by atoms with van der Waals surface area (Å²) >= 11 is 0. The molecule has 15 heteroatoms. The molecule has 2 fully saturated rings. The third kappa shape index (κ3) is 8.02. The van der Waals surface area contributed by atoms with Crippen molar-refractivity contribution in [2.24, 2.45) is 0 Å². The van der Waals surface area contributed by atoms with Gasteiger partial charge in [0, 0.05) is 44.3 Å². The lowest BCUT2D eigenvalue weighted by atomic mass is 10.1. The summed E-state index contributed by atoms with van der Waals surface area (Å²) in [7, 11) is -5.58. The Kier molecular flexibility index (Phi) is 9.48. The number of nitrogens with one attached hydrogen (secondary N) is 1. The molecular formula is C25H32F3N5O6S. The van der Waals surface area contributed by atoms with E-state index in [1.54, 1.807) is 18.2 Å². The summed E-state index contributed by atoms with van der Waals surface area (Å²) in [4.78, 5) is 34.9. The van der Waals surface area contributed by atoms with Crippen molar-refractivity contribution in [1.29, 1.82) is 0 Å². The third-order valence-electron chi connectivity index (χ3n) is 6.93. The zero-order valence-electron chi connectivity index (χ0n) is 22.0. The molecule has 1 aromatic heterocycles. The molecule has 0 spiro atoms. The minimum Gasteiger partial charge on any atom is -0.494 e. The molecule has 2 amide bonds. The number of fused-ring (bicyclic) bond motifs is 1. The summed E-state index contributed by atoms with van der Waals surface area (Å²) in [6.45, 7) is 6.88. The summed E-state index contributed by atoms with van der Waals surface area (Å²) in [6, 6.07) is 6.54. The van der Waals surface area contributed by atoms with Crippen LogP contribution >= 0.6 is 0 Å². The van der Waals surface area contributed by atoms with Gasteiger partial charge >= 0.3 is 10.5 Å². The van der Waals surface area contributed by atoms with Crippen LogP contribution in [0.2, 0.25) is 0 Å². The highest BCUT2D eigenvalue weighted by molar-refractivity contribution is 7.81. The summed E-state index contributed by atoms with van der Waals surface area (Å²) in [5.41, 5.74) is 0.670. The number of rotatable bonds is 11. The van der Waals surface area contributed by atoms with Gasteiger partial charge in [-0.25, -0.2) is 13.0 Å². The molecule has 1 atom stereocenters. The van der Waals surface area contributed by atoms with E-state index in [1.807, 2.05) is 0 Å². The van der Waals surface area contributed by atoms with E-state index in [1.165, 1.54) is 12.3 Å². The third-order valence-corrected chi connectivity index (χ3v) is 7.38. The average molecular weight is 588 g/mol. The van der Waals surface area contributed by atoms with Crippen LogP contribution in [0.5, 0.6) is 5.75 Å². The minimum absolute atomic E-state index is 0.169. The highest BCUT2D eigenvalue weighted by Crippen LogP contribution is 2.33. The summed E-state index contributed by atoms with van der Waals surface area (Å²) < 4.78 is 72.0. The lowest BCUT2D eigenvalue weighted by Gasteiger charge is -2.33. The van der Waals surface area contributed by atoms with Gasteiger partial charge in [0.25, 0.3) is 11.8 Å². The minimum atomic E-state index is -5.58. The van der Waals surface area contributed by atoms with Crippen molar-refractivity contribution in [2.45, 2.75) is 31.9 Å². The fraction of sp³-hybridized carbons (Fsp3) is 0.560. The van der Waals surface area contributed by atoms with Crippen molar-refractivity contribution in [2.75, 3.05) is 59.0 Å². The zero-order chi connectivity index (χ0) is 28.9. The molecule has 220 valence electrons. The van der Waals surface area contributed by atoms with Gasteiger partial charge < -0.3 is 24.8 Å². The highest BCUT2D eigenvalue weighted by Gasteiger charge is 2.49. The van der Waals surface area contributed by atoms with Crippen LogP contribution in [0, 0.1) is 0 Å². The van der Waals surface area contributed by atoms with Gasteiger partial charge in [-0.1, -0.05) is 10.8 Å². The number of benzene rings is 1. The Labute approximate surface area is 230 Å². The van der Waals surface area contributed by atoms with E-state index in [9.17, 15) is 30.7 Å². The molecule has 11 nitrogen and oxygen atoms in total. The number of likely N-dealkylation sites (tertiary alicyclic amines) is 1. The zero-order valence-corrected chi connectivity index (χ0v) is 22.8. The first-order chi connectivity index (χ1) is 18.9. The largest absolute Gasteiger partial charge is 0.494 e. The average Bonchev–Trinajstić information content (AvgIpc) is 3.21. The summed E-state index contributed by atoms with van der Waals surface area (Å²) in [5.74, 6) is -4.69. The second-order valence-electron chi connectivity index (χ2n) is 9.72. The molecule has 40 heavy (non-hydrogen) atoms. The normalized spacial score (nSPS) is 20.1. The molecule has 2 aliphatic heterocycles. The Balaban J connectivity index is 1.34. The smallest absolute Gasteiger partial charge is 0.439 e. The number of hydrogen-bond donors (Lipinski definition) is 1. The summed E-state index contributed by atoms with van der Waals surface area (Å²) in [6.07, 6.45) is -0.967. The van der Waals surface area contributed by atoms with Gasteiger partial charge in [0.05, 0.1) is 37.2 Å². The van der Waals surface area contributed by atoms with E-state index >= 15 is 0 Å². The van der Waals surface area contributed by atoms with Crippen LogP contribution in [0.4, 0.5) is 12.7 Å². The number of nitrogens with zero attached hydrogens (tertiary/aromatic N) is 4. The molecule has 0 bridgehead atoms. The number of pyridine rings is 1. The number of halogens is 3. The lowest BCUT2D eigenvalue weighted by molar-refractivity contribution is -0.136. The topological polar surface area (TPSA) is 121 Å². The number of carbonyl (C=O) groups excluding carboxylic acids is 2. The Morgan fingerprint density at radius 3 is 2.58 bits per heavy atom. The number of likely N-dealkylation sites (N-methyl/N-ethyl adjacent to an activating group) is 1. The molecule has 2 aliphatic rings. The number of alkyl halides is 2. The molecule has 0 aliphatic carbocycles. The van der Waals surface area contributed by atoms with Crippen LogP contribution in [0.15, 0.2) is 30.5 Å². The van der Waals surface area contributed by atoms with Crippen molar-refractivity contribution < 1.29 is 39.6 Å². The molecule has 2 aromatic rings. The SMILES string of the molecule is CCN1CCN(CCCOc2ccc3nccc(C(=O)NCC(=O)N4CC(F)(F)CC4OS(=O)(=O)F)c3c2)CC1. The Hall–Kier alpha value is -3.01. The fourth-order valence-electron chi connectivity index (χ4n) is 4.82. The van der Waals surface area contributed by atoms with Crippen molar-refractivity contribution in [3.63, 3.8) is 0 Å². The number of aromatic nitrogens is 1. The van der Waals surface area contributed by atoms with Gasteiger partial charge in [-0.2, -0.15) is 8.42 Å². The van der Waals surface area contributed by atoms with E-state index in [0.29, 0.717) is 28.2 Å². The first kappa shape index (κ1) is 30.0. The predicted octanol–water partition coefficient (Wildman–Crippen LogP) is 1.80. The maximum absolute atomic E-state index is 13.8. The number of piperazine rings is 1. The number of hydrogen-bond acceptors (Lipinski definition) is 9. The first-order valence-electron chi connectivity index (χ1n) is 13.0.